The maximum atomic E-state index is 12.1. The van der Waals surface area contributed by atoms with Gasteiger partial charge in [0.25, 0.3) is 5.91 Å². The van der Waals surface area contributed by atoms with E-state index in [1.54, 1.807) is 4.90 Å². The number of benzene rings is 1. The van der Waals surface area contributed by atoms with Gasteiger partial charge < -0.3 is 15.4 Å². The van der Waals surface area contributed by atoms with Gasteiger partial charge in [0.1, 0.15) is 6.61 Å². The van der Waals surface area contributed by atoms with E-state index < -0.39 is 0 Å². The molecule has 1 aromatic carbocycles. The molecule has 1 aromatic rings. The number of nitrogens with two attached hydrogens (primary N) is 1. The molecule has 19 heavy (non-hydrogen) atoms. The Balaban J connectivity index is 2.71. The van der Waals surface area contributed by atoms with Crippen molar-refractivity contribution in [3.8, 4) is 0 Å². The van der Waals surface area contributed by atoms with Gasteiger partial charge in [-0.05, 0) is 30.5 Å². The van der Waals surface area contributed by atoms with Crippen LogP contribution in [0.2, 0.25) is 0 Å². The minimum atomic E-state index is 0.01000. The summed E-state index contributed by atoms with van der Waals surface area (Å²) in [7, 11) is 0. The number of hydrogen-bond donors (Lipinski definition) is 1. The molecule has 0 aromatic heterocycles. The highest BCUT2D eigenvalue weighted by Gasteiger charge is 2.14. The van der Waals surface area contributed by atoms with Crippen LogP contribution in [-0.4, -0.2) is 25.7 Å². The summed E-state index contributed by atoms with van der Waals surface area (Å²) in [4.78, 5) is 13.9. The fourth-order valence-corrected chi connectivity index (χ4v) is 1.82. The lowest BCUT2D eigenvalue weighted by Gasteiger charge is -2.22. The fourth-order valence-electron chi connectivity index (χ4n) is 1.82. The van der Waals surface area contributed by atoms with Crippen molar-refractivity contribution < 1.29 is 9.53 Å². The van der Waals surface area contributed by atoms with Crippen LogP contribution in [0, 0.1) is 0 Å². The standard InChI is InChI=1S/C15H24N2O2/c1-3-9-17(15(18)12-19-10-4-2)14-7-5-13(11-16)6-8-14/h5-8H,3-4,9-12,16H2,1-2H3. The number of hydrogen-bond acceptors (Lipinski definition) is 3. The van der Waals surface area contributed by atoms with E-state index in [4.69, 9.17) is 10.5 Å². The Bertz CT molecular complexity index is 376. The average molecular weight is 264 g/mol. The molecule has 4 nitrogen and oxygen atoms in total. The van der Waals surface area contributed by atoms with E-state index in [9.17, 15) is 4.79 Å². The van der Waals surface area contributed by atoms with E-state index in [0.717, 1.165) is 24.1 Å². The molecule has 0 aliphatic rings. The number of amides is 1. The van der Waals surface area contributed by atoms with Gasteiger partial charge in [-0.3, -0.25) is 4.79 Å². The minimum absolute atomic E-state index is 0.01000. The van der Waals surface area contributed by atoms with Crippen molar-refractivity contribution in [3.63, 3.8) is 0 Å². The Morgan fingerprint density at radius 1 is 1.21 bits per heavy atom. The maximum absolute atomic E-state index is 12.1. The average Bonchev–Trinajstić information content (AvgIpc) is 2.45. The third-order valence-corrected chi connectivity index (χ3v) is 2.81. The van der Waals surface area contributed by atoms with Crippen LogP contribution >= 0.6 is 0 Å². The van der Waals surface area contributed by atoms with Crippen molar-refractivity contribution in [2.45, 2.75) is 33.2 Å². The Labute approximate surface area is 115 Å². The SMILES string of the molecule is CCCOCC(=O)N(CCC)c1ccc(CN)cc1. The summed E-state index contributed by atoms with van der Waals surface area (Å²) in [5.41, 5.74) is 7.55. The van der Waals surface area contributed by atoms with Crippen molar-refractivity contribution in [2.75, 3.05) is 24.7 Å². The summed E-state index contributed by atoms with van der Waals surface area (Å²) in [5.74, 6) is 0.01000. The quantitative estimate of drug-likeness (QED) is 0.733. The van der Waals surface area contributed by atoms with E-state index in [-0.39, 0.29) is 12.5 Å². The van der Waals surface area contributed by atoms with Crippen LogP contribution < -0.4 is 10.6 Å². The summed E-state index contributed by atoms with van der Waals surface area (Å²) < 4.78 is 5.33. The molecule has 0 spiro atoms. The predicted molar refractivity (Wildman–Crippen MR) is 78.1 cm³/mol. The highest BCUT2D eigenvalue weighted by atomic mass is 16.5. The molecule has 1 rings (SSSR count). The van der Waals surface area contributed by atoms with Crippen LogP contribution in [0.25, 0.3) is 0 Å². The van der Waals surface area contributed by atoms with Crippen molar-refractivity contribution in [3.05, 3.63) is 29.8 Å². The van der Waals surface area contributed by atoms with Crippen molar-refractivity contribution in [1.82, 2.24) is 0 Å². The Morgan fingerprint density at radius 2 is 1.89 bits per heavy atom. The molecule has 0 unspecified atom stereocenters. The van der Waals surface area contributed by atoms with E-state index in [0.29, 0.717) is 19.7 Å². The monoisotopic (exact) mass is 264 g/mol. The molecule has 0 heterocycles. The topological polar surface area (TPSA) is 55.6 Å². The highest BCUT2D eigenvalue weighted by Crippen LogP contribution is 2.16. The van der Waals surface area contributed by atoms with Crippen LogP contribution in [0.15, 0.2) is 24.3 Å². The molecule has 106 valence electrons. The zero-order chi connectivity index (χ0) is 14.1. The number of carbonyl (C=O) groups excluding carboxylic acids is 1. The summed E-state index contributed by atoms with van der Waals surface area (Å²) in [5, 5.41) is 0. The van der Waals surface area contributed by atoms with Gasteiger partial charge in [-0.15, -0.1) is 0 Å². The first-order valence-electron chi connectivity index (χ1n) is 6.90. The van der Waals surface area contributed by atoms with Gasteiger partial charge >= 0.3 is 0 Å². The number of rotatable bonds is 8. The normalized spacial score (nSPS) is 10.5. The predicted octanol–water partition coefficient (Wildman–Crippen LogP) is 2.31. The van der Waals surface area contributed by atoms with Crippen molar-refractivity contribution in [1.29, 1.82) is 0 Å². The molecule has 0 aliphatic heterocycles. The molecule has 0 aliphatic carbocycles. The second kappa shape index (κ2) is 8.67. The zero-order valence-corrected chi connectivity index (χ0v) is 11.9. The molecule has 0 saturated heterocycles. The first-order valence-corrected chi connectivity index (χ1v) is 6.90. The van der Waals surface area contributed by atoms with Crippen LogP contribution in [0.4, 0.5) is 5.69 Å². The lowest BCUT2D eigenvalue weighted by Crippen LogP contribution is -2.34. The third kappa shape index (κ3) is 5.01. The van der Waals surface area contributed by atoms with Crippen LogP contribution in [0.3, 0.4) is 0 Å². The number of anilines is 1. The molecule has 0 bridgehead atoms. The van der Waals surface area contributed by atoms with Gasteiger partial charge in [0.05, 0.1) is 0 Å². The Hall–Kier alpha value is -1.39. The molecule has 0 fully saturated rings. The highest BCUT2D eigenvalue weighted by molar-refractivity contribution is 5.94. The van der Waals surface area contributed by atoms with Crippen molar-refractivity contribution >= 4 is 11.6 Å². The summed E-state index contributed by atoms with van der Waals surface area (Å²) in [6, 6.07) is 7.79. The molecule has 4 heteroatoms. The van der Waals surface area contributed by atoms with Gasteiger partial charge in [0, 0.05) is 25.4 Å². The lowest BCUT2D eigenvalue weighted by molar-refractivity contribution is -0.123. The van der Waals surface area contributed by atoms with E-state index in [1.165, 1.54) is 0 Å². The van der Waals surface area contributed by atoms with Gasteiger partial charge in [0.15, 0.2) is 0 Å². The number of carbonyl (C=O) groups is 1. The van der Waals surface area contributed by atoms with Gasteiger partial charge in [-0.2, -0.15) is 0 Å². The van der Waals surface area contributed by atoms with E-state index >= 15 is 0 Å². The first kappa shape index (κ1) is 15.7. The second-order valence-corrected chi connectivity index (χ2v) is 4.47. The number of ether oxygens (including phenoxy) is 1. The summed E-state index contributed by atoms with van der Waals surface area (Å²) >= 11 is 0. The number of nitrogens with zero attached hydrogens (tertiary/aromatic N) is 1. The smallest absolute Gasteiger partial charge is 0.252 e. The molecular weight excluding hydrogens is 240 g/mol. The first-order chi connectivity index (χ1) is 9.22. The molecule has 0 radical (unpaired) electrons. The van der Waals surface area contributed by atoms with Crippen LogP contribution in [0.5, 0.6) is 0 Å². The van der Waals surface area contributed by atoms with Gasteiger partial charge in [-0.1, -0.05) is 26.0 Å². The van der Waals surface area contributed by atoms with Gasteiger partial charge in [0.2, 0.25) is 0 Å². The molecule has 0 saturated carbocycles. The van der Waals surface area contributed by atoms with Gasteiger partial charge in [-0.25, -0.2) is 0 Å². The molecule has 0 atom stereocenters. The Kier molecular flexibility index (Phi) is 7.15. The lowest BCUT2D eigenvalue weighted by atomic mass is 10.2. The summed E-state index contributed by atoms with van der Waals surface area (Å²) in [6.07, 6.45) is 1.84. The van der Waals surface area contributed by atoms with Crippen molar-refractivity contribution in [2.24, 2.45) is 5.73 Å². The minimum Gasteiger partial charge on any atom is -0.372 e. The largest absolute Gasteiger partial charge is 0.372 e. The maximum Gasteiger partial charge on any atom is 0.252 e. The molecule has 1 amide bonds. The molecule has 2 N–H and O–H groups in total. The Morgan fingerprint density at radius 3 is 2.42 bits per heavy atom. The zero-order valence-electron chi connectivity index (χ0n) is 11.9. The second-order valence-electron chi connectivity index (χ2n) is 4.47. The van der Waals surface area contributed by atoms with E-state index in [1.807, 2.05) is 31.2 Å². The third-order valence-electron chi connectivity index (χ3n) is 2.81. The van der Waals surface area contributed by atoms with Crippen LogP contribution in [0.1, 0.15) is 32.3 Å². The van der Waals surface area contributed by atoms with Crippen LogP contribution in [-0.2, 0) is 16.1 Å². The summed E-state index contributed by atoms with van der Waals surface area (Å²) in [6.45, 7) is 6.07. The fraction of sp³-hybridized carbons (Fsp3) is 0.533. The van der Waals surface area contributed by atoms with E-state index in [2.05, 4.69) is 6.92 Å². The molecular formula is C15H24N2O2.